The van der Waals surface area contributed by atoms with Crippen LogP contribution in [-0.4, -0.2) is 42.9 Å². The summed E-state index contributed by atoms with van der Waals surface area (Å²) in [5, 5.41) is 6.32. The maximum absolute atomic E-state index is 13.3. The summed E-state index contributed by atoms with van der Waals surface area (Å²) in [4.78, 5) is 29.1. The summed E-state index contributed by atoms with van der Waals surface area (Å²) >= 11 is 3.49. The van der Waals surface area contributed by atoms with E-state index in [0.717, 1.165) is 42.3 Å². The zero-order valence-corrected chi connectivity index (χ0v) is 20.3. The highest BCUT2D eigenvalue weighted by atomic mass is 79.9. The first-order valence-corrected chi connectivity index (χ1v) is 13.1. The molecule has 2 saturated carbocycles. The molecule has 0 aromatic heterocycles. The first-order valence-electron chi connectivity index (χ1n) is 12.3. The van der Waals surface area contributed by atoms with E-state index in [1.807, 2.05) is 24.3 Å². The zero-order valence-electron chi connectivity index (χ0n) is 18.7. The number of halogens is 1. The molecule has 5 rings (SSSR count). The fourth-order valence-corrected chi connectivity index (χ4v) is 6.91. The van der Waals surface area contributed by atoms with Gasteiger partial charge in [0.05, 0.1) is 11.8 Å². The molecule has 0 unspecified atom stereocenters. The van der Waals surface area contributed by atoms with Gasteiger partial charge in [0.15, 0.2) is 0 Å². The van der Waals surface area contributed by atoms with Crippen LogP contribution >= 0.6 is 15.9 Å². The van der Waals surface area contributed by atoms with E-state index in [1.54, 1.807) is 0 Å². The van der Waals surface area contributed by atoms with Crippen molar-refractivity contribution in [2.24, 2.45) is 29.1 Å². The highest BCUT2D eigenvalue weighted by Gasteiger charge is 2.69. The molecule has 5 nitrogen and oxygen atoms in total. The van der Waals surface area contributed by atoms with E-state index >= 15 is 0 Å². The predicted octanol–water partition coefficient (Wildman–Crippen LogP) is 3.89. The number of carbonyl (C=O) groups is 2. The smallest absolute Gasteiger partial charge is 0.224 e. The first kappa shape index (κ1) is 22.1. The minimum absolute atomic E-state index is 0.0299. The van der Waals surface area contributed by atoms with Crippen LogP contribution in [0.1, 0.15) is 44.1 Å². The van der Waals surface area contributed by atoms with Gasteiger partial charge in [0, 0.05) is 17.6 Å². The largest absolute Gasteiger partial charge is 0.356 e. The Morgan fingerprint density at radius 2 is 1.69 bits per heavy atom. The van der Waals surface area contributed by atoms with Crippen molar-refractivity contribution in [1.82, 2.24) is 15.5 Å². The Morgan fingerprint density at radius 1 is 1.00 bits per heavy atom. The molecule has 3 aliphatic carbocycles. The Bertz CT molecular complexity index is 891. The molecule has 6 heteroatoms. The van der Waals surface area contributed by atoms with Crippen molar-refractivity contribution in [2.45, 2.75) is 45.1 Å². The van der Waals surface area contributed by atoms with Crippen molar-refractivity contribution in [2.75, 3.05) is 26.2 Å². The van der Waals surface area contributed by atoms with Crippen molar-refractivity contribution < 1.29 is 9.59 Å². The second-order valence-electron chi connectivity index (χ2n) is 10.1. The van der Waals surface area contributed by atoms with Gasteiger partial charge in [-0.3, -0.25) is 9.59 Å². The molecule has 1 aliphatic heterocycles. The van der Waals surface area contributed by atoms with Gasteiger partial charge in [-0.2, -0.15) is 0 Å². The highest BCUT2D eigenvalue weighted by Crippen LogP contribution is 2.72. The van der Waals surface area contributed by atoms with E-state index in [9.17, 15) is 9.59 Å². The third-order valence-corrected chi connectivity index (χ3v) is 8.70. The Hall–Kier alpha value is -1.66. The SMILES string of the molecule is O=C(NCCCCN1CCCC1)[C@H]1[C@H](C(=O)NCc2cccc(Br)c2)[C@H]2C=C[C@H]1C21CC1. The number of amides is 2. The van der Waals surface area contributed by atoms with Crippen LogP contribution < -0.4 is 10.6 Å². The molecule has 4 atom stereocenters. The summed E-state index contributed by atoms with van der Waals surface area (Å²) in [6.07, 6.45) is 11.5. The summed E-state index contributed by atoms with van der Waals surface area (Å²) in [6, 6.07) is 8.00. The van der Waals surface area contributed by atoms with Crippen LogP contribution in [0, 0.1) is 29.1 Å². The van der Waals surface area contributed by atoms with E-state index in [-0.39, 0.29) is 40.9 Å². The highest BCUT2D eigenvalue weighted by molar-refractivity contribution is 9.10. The maximum Gasteiger partial charge on any atom is 0.224 e. The van der Waals surface area contributed by atoms with Gasteiger partial charge in [0.1, 0.15) is 0 Å². The van der Waals surface area contributed by atoms with Crippen molar-refractivity contribution in [1.29, 1.82) is 0 Å². The summed E-state index contributed by atoms with van der Waals surface area (Å²) in [7, 11) is 0. The fourth-order valence-electron chi connectivity index (χ4n) is 6.46. The predicted molar refractivity (Wildman–Crippen MR) is 129 cm³/mol. The van der Waals surface area contributed by atoms with Crippen LogP contribution in [-0.2, 0) is 16.1 Å². The summed E-state index contributed by atoms with van der Waals surface area (Å²) in [6.45, 7) is 4.79. The molecule has 1 aromatic rings. The lowest BCUT2D eigenvalue weighted by Crippen LogP contribution is -2.44. The summed E-state index contributed by atoms with van der Waals surface area (Å²) < 4.78 is 1.01. The Morgan fingerprint density at radius 3 is 2.34 bits per heavy atom. The van der Waals surface area contributed by atoms with E-state index < -0.39 is 0 Å². The molecule has 1 heterocycles. The van der Waals surface area contributed by atoms with Crippen LogP contribution in [0.2, 0.25) is 0 Å². The third-order valence-electron chi connectivity index (χ3n) is 8.20. The number of hydrogen-bond acceptors (Lipinski definition) is 3. The second-order valence-corrected chi connectivity index (χ2v) is 11.0. The van der Waals surface area contributed by atoms with Crippen LogP contribution in [0.3, 0.4) is 0 Å². The zero-order chi connectivity index (χ0) is 22.1. The molecule has 1 aromatic carbocycles. The number of allylic oxidation sites excluding steroid dienone is 2. The molecule has 3 fully saturated rings. The number of nitrogens with zero attached hydrogens (tertiary/aromatic N) is 1. The van der Waals surface area contributed by atoms with Crippen LogP contribution in [0.15, 0.2) is 40.9 Å². The molecule has 32 heavy (non-hydrogen) atoms. The molecule has 2 N–H and O–H groups in total. The van der Waals surface area contributed by atoms with Gasteiger partial charge in [-0.15, -0.1) is 0 Å². The Kier molecular flexibility index (Phi) is 6.44. The fraction of sp³-hybridized carbons (Fsp3) is 0.615. The van der Waals surface area contributed by atoms with E-state index in [1.165, 1.54) is 25.9 Å². The lowest BCUT2D eigenvalue weighted by atomic mass is 9.81. The molecule has 4 aliphatic rings. The quantitative estimate of drug-likeness (QED) is 0.400. The van der Waals surface area contributed by atoms with Gasteiger partial charge in [-0.25, -0.2) is 0 Å². The minimum Gasteiger partial charge on any atom is -0.356 e. The minimum atomic E-state index is -0.246. The normalized spacial score (nSPS) is 29.5. The molecule has 0 radical (unpaired) electrons. The molecular formula is C26H34BrN3O2. The maximum atomic E-state index is 13.3. The third kappa shape index (κ3) is 4.28. The van der Waals surface area contributed by atoms with Crippen molar-refractivity contribution in [3.63, 3.8) is 0 Å². The number of rotatable bonds is 9. The molecule has 172 valence electrons. The van der Waals surface area contributed by atoms with Gasteiger partial charge < -0.3 is 15.5 Å². The Balaban J connectivity index is 1.18. The van der Waals surface area contributed by atoms with E-state index in [4.69, 9.17) is 0 Å². The number of nitrogens with one attached hydrogen (secondary N) is 2. The molecule has 2 amide bonds. The molecule has 1 saturated heterocycles. The first-order chi connectivity index (χ1) is 15.6. The number of carbonyl (C=O) groups excluding carboxylic acids is 2. The summed E-state index contributed by atoms with van der Waals surface area (Å²) in [5.41, 5.74) is 1.24. The van der Waals surface area contributed by atoms with Crippen LogP contribution in [0.5, 0.6) is 0 Å². The number of benzene rings is 1. The standard InChI is InChI=1S/C26H34BrN3O2/c27-19-7-5-6-18(16-19)17-29-25(32)23-21-9-8-20(26(21)10-11-26)22(23)24(31)28-12-1-2-13-30-14-3-4-15-30/h5-9,16,20-23H,1-4,10-15,17H2,(H,28,31)(H,29,32)/t20-,21-,22-,23-/m1/s1. The van der Waals surface area contributed by atoms with Gasteiger partial charge in [0.2, 0.25) is 11.8 Å². The Labute approximate surface area is 199 Å². The van der Waals surface area contributed by atoms with Gasteiger partial charge in [0.25, 0.3) is 0 Å². The molecule has 1 spiro atoms. The average molecular weight is 500 g/mol. The van der Waals surface area contributed by atoms with E-state index in [2.05, 4.69) is 43.6 Å². The average Bonchev–Trinajstić information content (AvgIpc) is 3.15. The number of likely N-dealkylation sites (tertiary alicyclic amines) is 1. The van der Waals surface area contributed by atoms with Crippen LogP contribution in [0.4, 0.5) is 0 Å². The second kappa shape index (κ2) is 9.30. The van der Waals surface area contributed by atoms with Gasteiger partial charge in [-0.05, 0) is 93.1 Å². The molecular weight excluding hydrogens is 466 g/mol. The van der Waals surface area contributed by atoms with Crippen molar-refractivity contribution in [3.05, 3.63) is 46.5 Å². The summed E-state index contributed by atoms with van der Waals surface area (Å²) in [5.74, 6) is 0.0664. The lowest BCUT2D eigenvalue weighted by molar-refractivity contribution is -0.135. The monoisotopic (exact) mass is 499 g/mol. The number of hydrogen-bond donors (Lipinski definition) is 2. The molecule has 2 bridgehead atoms. The topological polar surface area (TPSA) is 61.4 Å². The van der Waals surface area contributed by atoms with Crippen molar-refractivity contribution in [3.8, 4) is 0 Å². The van der Waals surface area contributed by atoms with E-state index in [0.29, 0.717) is 13.1 Å². The number of unbranched alkanes of at least 4 members (excludes halogenated alkanes) is 1. The lowest BCUT2D eigenvalue weighted by Gasteiger charge is -2.26. The van der Waals surface area contributed by atoms with Crippen LogP contribution in [0.25, 0.3) is 0 Å². The van der Waals surface area contributed by atoms with Gasteiger partial charge >= 0.3 is 0 Å². The van der Waals surface area contributed by atoms with Gasteiger partial charge in [-0.1, -0.05) is 40.2 Å². The van der Waals surface area contributed by atoms with Crippen molar-refractivity contribution >= 4 is 27.7 Å².